The van der Waals surface area contributed by atoms with Crippen LogP contribution in [0.5, 0.6) is 11.5 Å². The summed E-state index contributed by atoms with van der Waals surface area (Å²) in [6.07, 6.45) is 0. The van der Waals surface area contributed by atoms with Crippen LogP contribution in [0, 0.1) is 0 Å². The summed E-state index contributed by atoms with van der Waals surface area (Å²) in [4.78, 5) is 39.1. The van der Waals surface area contributed by atoms with Gasteiger partial charge in [0.2, 0.25) is 12.7 Å². The molecule has 1 amide bonds. The number of halogens is 1. The third-order valence-corrected chi connectivity index (χ3v) is 6.19. The molecule has 1 aliphatic rings. The first-order chi connectivity index (χ1) is 16.9. The van der Waals surface area contributed by atoms with Crippen molar-refractivity contribution < 1.29 is 14.3 Å². The summed E-state index contributed by atoms with van der Waals surface area (Å²) in [5.41, 5.74) is 1.12. The SMILES string of the molecule is CC(NC(=O)Cn1c(=O)c(=O)n(Cc2ccccc2)c2ccc(Cl)cc21)c1ccc2c(c1)OCO2. The van der Waals surface area contributed by atoms with Gasteiger partial charge in [0, 0.05) is 5.02 Å². The fourth-order valence-electron chi connectivity index (χ4n) is 4.17. The zero-order chi connectivity index (χ0) is 24.5. The molecule has 5 rings (SSSR count). The van der Waals surface area contributed by atoms with Gasteiger partial charge in [-0.15, -0.1) is 0 Å². The number of ether oxygens (including phenoxy) is 2. The maximum Gasteiger partial charge on any atom is 0.317 e. The van der Waals surface area contributed by atoms with Gasteiger partial charge >= 0.3 is 11.1 Å². The molecule has 1 aromatic heterocycles. The average molecular weight is 492 g/mol. The predicted molar refractivity (Wildman–Crippen MR) is 132 cm³/mol. The summed E-state index contributed by atoms with van der Waals surface area (Å²) < 4.78 is 13.3. The summed E-state index contributed by atoms with van der Waals surface area (Å²) in [7, 11) is 0. The fraction of sp³-hybridized carbons (Fsp3) is 0.192. The molecular formula is C26H22ClN3O5. The van der Waals surface area contributed by atoms with Crippen molar-refractivity contribution in [2.24, 2.45) is 0 Å². The first-order valence-corrected chi connectivity index (χ1v) is 11.4. The van der Waals surface area contributed by atoms with Gasteiger partial charge in [0.05, 0.1) is 23.6 Å². The van der Waals surface area contributed by atoms with Crippen LogP contribution < -0.4 is 25.9 Å². The predicted octanol–water partition coefficient (Wildman–Crippen LogP) is 3.47. The smallest absolute Gasteiger partial charge is 0.317 e. The Labute approximate surface area is 205 Å². The molecule has 0 radical (unpaired) electrons. The van der Waals surface area contributed by atoms with E-state index in [1.54, 1.807) is 30.3 Å². The highest BCUT2D eigenvalue weighted by atomic mass is 35.5. The van der Waals surface area contributed by atoms with Crippen molar-refractivity contribution in [1.29, 1.82) is 0 Å². The van der Waals surface area contributed by atoms with Gasteiger partial charge < -0.3 is 14.8 Å². The number of amides is 1. The van der Waals surface area contributed by atoms with Gasteiger partial charge in [0.25, 0.3) is 0 Å². The van der Waals surface area contributed by atoms with Crippen LogP contribution in [0.3, 0.4) is 0 Å². The molecule has 0 fully saturated rings. The highest BCUT2D eigenvalue weighted by Crippen LogP contribution is 2.34. The molecule has 1 N–H and O–H groups in total. The third-order valence-electron chi connectivity index (χ3n) is 5.95. The Balaban J connectivity index is 1.46. The second kappa shape index (κ2) is 9.31. The number of hydrogen-bond donors (Lipinski definition) is 1. The molecule has 0 aliphatic carbocycles. The van der Waals surface area contributed by atoms with Crippen molar-refractivity contribution in [2.45, 2.75) is 26.1 Å². The summed E-state index contributed by atoms with van der Waals surface area (Å²) in [6.45, 7) is 1.88. The van der Waals surface area contributed by atoms with E-state index in [4.69, 9.17) is 21.1 Å². The molecule has 35 heavy (non-hydrogen) atoms. The third kappa shape index (κ3) is 4.52. The molecule has 1 unspecified atom stereocenters. The Morgan fingerprint density at radius 3 is 2.49 bits per heavy atom. The quantitative estimate of drug-likeness (QED) is 0.417. The minimum atomic E-state index is -0.790. The number of nitrogens with one attached hydrogen (secondary N) is 1. The molecule has 1 atom stereocenters. The maximum atomic E-state index is 13.1. The summed E-state index contributed by atoms with van der Waals surface area (Å²) in [5.74, 6) is 0.847. The lowest BCUT2D eigenvalue weighted by Gasteiger charge is -2.18. The lowest BCUT2D eigenvalue weighted by molar-refractivity contribution is -0.122. The monoisotopic (exact) mass is 491 g/mol. The van der Waals surface area contributed by atoms with Crippen LogP contribution in [0.15, 0.2) is 76.3 Å². The fourth-order valence-corrected chi connectivity index (χ4v) is 4.33. The van der Waals surface area contributed by atoms with Crippen LogP contribution in [0.2, 0.25) is 5.02 Å². The Bertz CT molecular complexity index is 1540. The standard InChI is InChI=1S/C26H22ClN3O5/c1-16(18-7-10-22-23(11-18)35-15-34-22)28-24(31)14-30-21-12-19(27)8-9-20(21)29(25(32)26(30)33)13-17-5-3-2-4-6-17/h2-12,16H,13-15H2,1H3,(H,28,31). The largest absolute Gasteiger partial charge is 0.454 e. The van der Waals surface area contributed by atoms with Crippen LogP contribution in [0.1, 0.15) is 24.1 Å². The average Bonchev–Trinajstić information content (AvgIpc) is 3.33. The highest BCUT2D eigenvalue weighted by molar-refractivity contribution is 6.31. The molecule has 2 heterocycles. The summed E-state index contributed by atoms with van der Waals surface area (Å²) in [5, 5.41) is 3.27. The van der Waals surface area contributed by atoms with Crippen LogP contribution in [-0.2, 0) is 17.9 Å². The minimum absolute atomic E-state index is 0.161. The van der Waals surface area contributed by atoms with Gasteiger partial charge in [-0.2, -0.15) is 0 Å². The van der Waals surface area contributed by atoms with Crippen molar-refractivity contribution in [3.63, 3.8) is 0 Å². The van der Waals surface area contributed by atoms with E-state index >= 15 is 0 Å². The number of carbonyl (C=O) groups excluding carboxylic acids is 1. The van der Waals surface area contributed by atoms with Gasteiger partial charge in [-0.25, -0.2) is 0 Å². The Morgan fingerprint density at radius 2 is 1.69 bits per heavy atom. The molecule has 1 aliphatic heterocycles. The number of carbonyl (C=O) groups is 1. The molecule has 0 saturated carbocycles. The van der Waals surface area contributed by atoms with Gasteiger partial charge in [-0.05, 0) is 48.4 Å². The minimum Gasteiger partial charge on any atom is -0.454 e. The number of aromatic nitrogens is 2. The zero-order valence-electron chi connectivity index (χ0n) is 18.9. The van der Waals surface area contributed by atoms with E-state index in [0.29, 0.717) is 27.6 Å². The van der Waals surface area contributed by atoms with E-state index in [-0.39, 0.29) is 25.9 Å². The van der Waals surface area contributed by atoms with Crippen molar-refractivity contribution in [2.75, 3.05) is 6.79 Å². The number of rotatable bonds is 6. The summed E-state index contributed by atoms with van der Waals surface area (Å²) in [6, 6.07) is 19.4. The van der Waals surface area contributed by atoms with E-state index in [1.807, 2.05) is 43.3 Å². The van der Waals surface area contributed by atoms with Gasteiger partial charge in [-0.1, -0.05) is 48.0 Å². The Hall–Kier alpha value is -4.04. The van der Waals surface area contributed by atoms with Crippen LogP contribution in [0.4, 0.5) is 0 Å². The van der Waals surface area contributed by atoms with Gasteiger partial charge in [0.1, 0.15) is 6.54 Å². The molecule has 8 nitrogen and oxygen atoms in total. The lowest BCUT2D eigenvalue weighted by Crippen LogP contribution is -2.44. The topological polar surface area (TPSA) is 91.6 Å². The summed E-state index contributed by atoms with van der Waals surface area (Å²) >= 11 is 6.22. The molecule has 178 valence electrons. The molecule has 9 heteroatoms. The zero-order valence-corrected chi connectivity index (χ0v) is 19.6. The Morgan fingerprint density at radius 1 is 0.943 bits per heavy atom. The number of fused-ring (bicyclic) bond motifs is 2. The molecule has 0 bridgehead atoms. The van der Waals surface area contributed by atoms with E-state index in [1.165, 1.54) is 9.13 Å². The van der Waals surface area contributed by atoms with E-state index in [2.05, 4.69) is 5.32 Å². The lowest BCUT2D eigenvalue weighted by atomic mass is 10.1. The van der Waals surface area contributed by atoms with E-state index in [9.17, 15) is 14.4 Å². The number of nitrogens with zero attached hydrogens (tertiary/aromatic N) is 2. The molecular weight excluding hydrogens is 470 g/mol. The maximum absolute atomic E-state index is 13.1. The van der Waals surface area contributed by atoms with Crippen LogP contribution >= 0.6 is 11.6 Å². The van der Waals surface area contributed by atoms with E-state index < -0.39 is 17.0 Å². The van der Waals surface area contributed by atoms with Crippen molar-refractivity contribution in [3.05, 3.63) is 104 Å². The van der Waals surface area contributed by atoms with Gasteiger partial charge in [0.15, 0.2) is 11.5 Å². The molecule has 4 aromatic rings. The Kier molecular flexibility index (Phi) is 6.05. The van der Waals surface area contributed by atoms with Crippen molar-refractivity contribution in [1.82, 2.24) is 14.5 Å². The van der Waals surface area contributed by atoms with Crippen LogP contribution in [-0.4, -0.2) is 21.8 Å². The van der Waals surface area contributed by atoms with Gasteiger partial charge in [-0.3, -0.25) is 23.5 Å². The molecule has 0 saturated heterocycles. The first-order valence-electron chi connectivity index (χ1n) is 11.1. The molecule has 0 spiro atoms. The number of hydrogen-bond acceptors (Lipinski definition) is 5. The highest BCUT2D eigenvalue weighted by Gasteiger charge is 2.19. The van der Waals surface area contributed by atoms with Crippen molar-refractivity contribution in [3.8, 4) is 11.5 Å². The number of benzene rings is 3. The van der Waals surface area contributed by atoms with Crippen molar-refractivity contribution >= 4 is 28.5 Å². The first kappa shape index (κ1) is 22.7. The molecule has 3 aromatic carbocycles. The van der Waals surface area contributed by atoms with Crippen LogP contribution in [0.25, 0.3) is 11.0 Å². The second-order valence-electron chi connectivity index (χ2n) is 8.30. The van der Waals surface area contributed by atoms with E-state index in [0.717, 1.165) is 11.1 Å². The second-order valence-corrected chi connectivity index (χ2v) is 8.74. The normalized spacial score (nSPS) is 13.1.